The minimum Gasteiger partial charge on any atom is -0.368 e. The van der Waals surface area contributed by atoms with Crippen LogP contribution in [0.3, 0.4) is 0 Å². The van der Waals surface area contributed by atoms with E-state index in [4.69, 9.17) is 5.84 Å². The van der Waals surface area contributed by atoms with Crippen molar-refractivity contribution in [2.45, 2.75) is 32.2 Å². The smallest absolute Gasteiger partial charge is 0.233 e. The summed E-state index contributed by atoms with van der Waals surface area (Å²) in [6.45, 7) is 2.92. The van der Waals surface area contributed by atoms with E-state index in [2.05, 4.69) is 10.3 Å². The number of benzene rings is 1. The monoisotopic (exact) mass is 251 g/mol. The third kappa shape index (κ3) is 2.61. The van der Waals surface area contributed by atoms with Crippen molar-refractivity contribution in [3.8, 4) is 0 Å². The van der Waals surface area contributed by atoms with Gasteiger partial charge < -0.3 is 4.90 Å². The first-order valence-corrected chi connectivity index (χ1v) is 6.16. The van der Waals surface area contributed by atoms with Crippen LogP contribution in [0.5, 0.6) is 0 Å². The Kier molecular flexibility index (Phi) is 3.81. The number of nitrogens with one attached hydrogen (secondary N) is 1. The maximum absolute atomic E-state index is 13.3. The first-order chi connectivity index (χ1) is 8.61. The normalized spacial score (nSPS) is 15.4. The topological polar surface area (TPSA) is 58.4 Å². The molecule has 5 heteroatoms. The van der Waals surface area contributed by atoms with Crippen molar-refractivity contribution in [1.29, 1.82) is 0 Å². The molecule has 1 aliphatic heterocycles. The number of amides is 1. The van der Waals surface area contributed by atoms with Gasteiger partial charge in [-0.05, 0) is 37.5 Å². The largest absolute Gasteiger partial charge is 0.368 e. The average Bonchev–Trinajstić information content (AvgIpc) is 2.78. The van der Waals surface area contributed by atoms with Crippen molar-refractivity contribution in [1.82, 2.24) is 5.43 Å². The van der Waals surface area contributed by atoms with E-state index in [0.29, 0.717) is 12.8 Å². The molecule has 0 saturated carbocycles. The Morgan fingerprint density at radius 2 is 2.39 bits per heavy atom. The molecule has 1 aromatic carbocycles. The molecular formula is C13H18FN3O. The van der Waals surface area contributed by atoms with Crippen LogP contribution in [0.25, 0.3) is 0 Å². The lowest BCUT2D eigenvalue weighted by Gasteiger charge is -2.27. The highest BCUT2D eigenvalue weighted by Gasteiger charge is 2.23. The molecule has 0 aliphatic carbocycles. The van der Waals surface area contributed by atoms with Crippen LogP contribution in [0, 0.1) is 5.82 Å². The van der Waals surface area contributed by atoms with Crippen LogP contribution in [0.1, 0.15) is 25.3 Å². The second-order valence-corrected chi connectivity index (χ2v) is 4.67. The van der Waals surface area contributed by atoms with Crippen LogP contribution in [-0.4, -0.2) is 18.5 Å². The lowest BCUT2D eigenvalue weighted by Crippen LogP contribution is -2.35. The van der Waals surface area contributed by atoms with E-state index in [9.17, 15) is 9.18 Å². The first-order valence-electron chi connectivity index (χ1n) is 6.16. The molecule has 1 unspecified atom stereocenters. The Labute approximate surface area is 106 Å². The summed E-state index contributed by atoms with van der Waals surface area (Å²) < 4.78 is 13.3. The van der Waals surface area contributed by atoms with Gasteiger partial charge in [0.1, 0.15) is 5.82 Å². The van der Waals surface area contributed by atoms with E-state index in [-0.39, 0.29) is 17.8 Å². The van der Waals surface area contributed by atoms with Crippen LogP contribution in [0.15, 0.2) is 18.2 Å². The molecule has 2 rings (SSSR count). The third-order valence-corrected chi connectivity index (χ3v) is 3.46. The van der Waals surface area contributed by atoms with Crippen LogP contribution in [0.2, 0.25) is 0 Å². The van der Waals surface area contributed by atoms with Gasteiger partial charge >= 0.3 is 0 Å². The number of hydrogen-bond acceptors (Lipinski definition) is 3. The van der Waals surface area contributed by atoms with E-state index in [1.54, 1.807) is 6.07 Å². The molecule has 98 valence electrons. The number of hydrogen-bond donors (Lipinski definition) is 2. The van der Waals surface area contributed by atoms with Gasteiger partial charge in [0.15, 0.2) is 0 Å². The van der Waals surface area contributed by atoms with Gasteiger partial charge in [0.25, 0.3) is 0 Å². The predicted octanol–water partition coefficient (Wildman–Crippen LogP) is 1.35. The summed E-state index contributed by atoms with van der Waals surface area (Å²) in [5, 5.41) is 0. The molecule has 1 aromatic rings. The van der Waals surface area contributed by atoms with Gasteiger partial charge in [-0.3, -0.25) is 10.2 Å². The summed E-state index contributed by atoms with van der Waals surface area (Å²) in [4.78, 5) is 13.3. The number of nitrogens with two attached hydrogens (primary N) is 1. The highest BCUT2D eigenvalue weighted by molar-refractivity contribution is 5.75. The van der Waals surface area contributed by atoms with Crippen molar-refractivity contribution in [2.75, 3.05) is 11.4 Å². The van der Waals surface area contributed by atoms with Gasteiger partial charge in [0.05, 0.1) is 0 Å². The Balaban J connectivity index is 2.03. The number of nitrogens with zero attached hydrogens (tertiary/aromatic N) is 1. The molecule has 1 heterocycles. The lowest BCUT2D eigenvalue weighted by molar-refractivity contribution is -0.121. The van der Waals surface area contributed by atoms with Crippen molar-refractivity contribution >= 4 is 11.6 Å². The molecule has 0 radical (unpaired) electrons. The number of carbonyl (C=O) groups excluding carboxylic acids is 1. The number of halogens is 1. The molecule has 0 saturated heterocycles. The molecular weight excluding hydrogens is 233 g/mol. The number of fused-ring (bicyclic) bond motifs is 1. The zero-order chi connectivity index (χ0) is 13.1. The third-order valence-electron chi connectivity index (χ3n) is 3.46. The fourth-order valence-corrected chi connectivity index (χ4v) is 2.40. The van der Waals surface area contributed by atoms with Crippen molar-refractivity contribution in [3.05, 3.63) is 29.6 Å². The molecule has 3 N–H and O–H groups in total. The summed E-state index contributed by atoms with van der Waals surface area (Å²) in [5.41, 5.74) is 4.25. The minimum absolute atomic E-state index is 0.166. The summed E-state index contributed by atoms with van der Waals surface area (Å²) in [6.07, 6.45) is 2.03. The van der Waals surface area contributed by atoms with Crippen LogP contribution < -0.4 is 16.2 Å². The molecule has 0 fully saturated rings. The standard InChI is InChI=1S/C13H18FN3O/c1-9(2-5-13(18)16-15)17-7-6-10-3-4-11(14)8-12(10)17/h3-4,8-9H,2,5-7,15H2,1H3,(H,16,18). The van der Waals surface area contributed by atoms with Gasteiger partial charge in [-0.15, -0.1) is 0 Å². The van der Waals surface area contributed by atoms with E-state index < -0.39 is 0 Å². The Hall–Kier alpha value is -1.62. The Morgan fingerprint density at radius 3 is 3.11 bits per heavy atom. The van der Waals surface area contributed by atoms with Gasteiger partial charge in [0, 0.05) is 24.7 Å². The molecule has 0 spiro atoms. The Morgan fingerprint density at radius 1 is 1.61 bits per heavy atom. The van der Waals surface area contributed by atoms with E-state index >= 15 is 0 Å². The fraction of sp³-hybridized carbons (Fsp3) is 0.462. The zero-order valence-corrected chi connectivity index (χ0v) is 10.4. The SMILES string of the molecule is CC(CCC(=O)NN)N1CCc2ccc(F)cc21. The van der Waals surface area contributed by atoms with Crippen molar-refractivity contribution in [2.24, 2.45) is 5.84 Å². The highest BCUT2D eigenvalue weighted by atomic mass is 19.1. The van der Waals surface area contributed by atoms with E-state index in [0.717, 1.165) is 18.7 Å². The summed E-state index contributed by atoms with van der Waals surface area (Å²) >= 11 is 0. The summed E-state index contributed by atoms with van der Waals surface area (Å²) in [6, 6.07) is 5.10. The van der Waals surface area contributed by atoms with Crippen molar-refractivity contribution in [3.63, 3.8) is 0 Å². The molecule has 0 bridgehead atoms. The molecule has 1 atom stereocenters. The minimum atomic E-state index is -0.215. The molecule has 1 amide bonds. The second kappa shape index (κ2) is 5.35. The molecule has 18 heavy (non-hydrogen) atoms. The van der Waals surface area contributed by atoms with Crippen molar-refractivity contribution < 1.29 is 9.18 Å². The molecule has 1 aliphatic rings. The highest BCUT2D eigenvalue weighted by Crippen LogP contribution is 2.31. The van der Waals surface area contributed by atoms with Crippen LogP contribution in [-0.2, 0) is 11.2 Å². The maximum atomic E-state index is 13.3. The fourth-order valence-electron chi connectivity index (χ4n) is 2.40. The lowest BCUT2D eigenvalue weighted by atomic mass is 10.1. The van der Waals surface area contributed by atoms with Gasteiger partial charge in [-0.1, -0.05) is 6.07 Å². The summed E-state index contributed by atoms with van der Waals surface area (Å²) in [7, 11) is 0. The Bertz CT molecular complexity index is 450. The predicted molar refractivity (Wildman–Crippen MR) is 68.5 cm³/mol. The average molecular weight is 251 g/mol. The molecule has 0 aromatic heterocycles. The number of hydrazine groups is 1. The van der Waals surface area contributed by atoms with Gasteiger partial charge in [-0.2, -0.15) is 0 Å². The van der Waals surface area contributed by atoms with Gasteiger partial charge in [-0.25, -0.2) is 10.2 Å². The molecule has 4 nitrogen and oxygen atoms in total. The van der Waals surface area contributed by atoms with E-state index in [1.807, 2.05) is 13.0 Å². The number of anilines is 1. The quantitative estimate of drug-likeness (QED) is 0.482. The first kappa shape index (κ1) is 12.8. The number of rotatable bonds is 4. The second-order valence-electron chi connectivity index (χ2n) is 4.67. The maximum Gasteiger partial charge on any atom is 0.233 e. The zero-order valence-electron chi connectivity index (χ0n) is 10.4. The van der Waals surface area contributed by atoms with Crippen LogP contribution >= 0.6 is 0 Å². The number of carbonyl (C=O) groups is 1. The van der Waals surface area contributed by atoms with E-state index in [1.165, 1.54) is 11.6 Å². The summed E-state index contributed by atoms with van der Waals surface area (Å²) in [5.74, 6) is 4.66. The van der Waals surface area contributed by atoms with Crippen LogP contribution in [0.4, 0.5) is 10.1 Å². The van der Waals surface area contributed by atoms with Gasteiger partial charge in [0.2, 0.25) is 5.91 Å².